The van der Waals surface area contributed by atoms with E-state index in [-0.39, 0.29) is 17.5 Å². The predicted octanol–water partition coefficient (Wildman–Crippen LogP) is 3.62. The molecule has 0 saturated heterocycles. The lowest BCUT2D eigenvalue weighted by molar-refractivity contribution is -0.128. The molecule has 0 unspecified atom stereocenters. The van der Waals surface area contributed by atoms with Gasteiger partial charge in [0.05, 0.1) is 6.10 Å². The third kappa shape index (κ3) is 2.37. The number of benzene rings is 1. The minimum Gasteiger partial charge on any atom is -0.491 e. The van der Waals surface area contributed by atoms with E-state index in [1.807, 2.05) is 44.2 Å². The smallest absolute Gasteiger partial charge is 0.220 e. The summed E-state index contributed by atoms with van der Waals surface area (Å²) in [5.41, 5.74) is 0.122. The van der Waals surface area contributed by atoms with Crippen molar-refractivity contribution in [3.8, 4) is 11.8 Å². The van der Waals surface area contributed by atoms with Crippen molar-refractivity contribution < 1.29 is 14.3 Å². The molecule has 1 aromatic carbocycles. The maximum absolute atomic E-state index is 12.5. The summed E-state index contributed by atoms with van der Waals surface area (Å²) < 4.78 is 11.6. The van der Waals surface area contributed by atoms with Crippen molar-refractivity contribution in [1.82, 2.24) is 0 Å². The van der Waals surface area contributed by atoms with Gasteiger partial charge in [-0.05, 0) is 63.8 Å². The van der Waals surface area contributed by atoms with Gasteiger partial charge in [0.1, 0.15) is 23.2 Å². The molecule has 4 heteroatoms. The average molecular weight is 297 g/mol. The number of rotatable bonds is 3. The van der Waals surface area contributed by atoms with E-state index >= 15 is 0 Å². The standard InChI is InChI=1S/C18H19NO3/c1-12(2)21-14-7-5-13(6-8-14)16-15(11-19)17(20)18(22-16)9-3-4-10-18/h5-8,12H,3-4,9-10H2,1-2H3. The molecule has 3 rings (SSSR count). The fourth-order valence-corrected chi connectivity index (χ4v) is 3.16. The molecular formula is C18H19NO3. The Labute approximate surface area is 130 Å². The second kappa shape index (κ2) is 5.49. The van der Waals surface area contributed by atoms with Gasteiger partial charge >= 0.3 is 0 Å². The minimum absolute atomic E-state index is 0.103. The number of ketones is 1. The fraction of sp³-hybridized carbons (Fsp3) is 0.444. The highest BCUT2D eigenvalue weighted by Gasteiger charge is 2.51. The van der Waals surface area contributed by atoms with Crippen LogP contribution in [0.4, 0.5) is 0 Å². The molecule has 1 aromatic rings. The van der Waals surface area contributed by atoms with Gasteiger partial charge in [-0.3, -0.25) is 4.79 Å². The molecule has 114 valence electrons. The first kappa shape index (κ1) is 14.6. The van der Waals surface area contributed by atoms with Gasteiger partial charge in [-0.15, -0.1) is 0 Å². The predicted molar refractivity (Wildman–Crippen MR) is 82.0 cm³/mol. The van der Waals surface area contributed by atoms with Crippen LogP contribution in [0.5, 0.6) is 5.75 Å². The first-order chi connectivity index (χ1) is 10.6. The van der Waals surface area contributed by atoms with Crippen LogP contribution in [-0.2, 0) is 9.53 Å². The van der Waals surface area contributed by atoms with Gasteiger partial charge in [0.15, 0.2) is 5.60 Å². The van der Waals surface area contributed by atoms with E-state index in [0.29, 0.717) is 18.6 Å². The second-order valence-electron chi connectivity index (χ2n) is 6.14. The molecule has 4 nitrogen and oxygen atoms in total. The van der Waals surface area contributed by atoms with E-state index in [2.05, 4.69) is 0 Å². The SMILES string of the molecule is CC(C)Oc1ccc(C2=C(C#N)C(=O)C3(CCCC3)O2)cc1. The van der Waals surface area contributed by atoms with E-state index in [1.165, 1.54) is 0 Å². The third-order valence-electron chi connectivity index (χ3n) is 4.18. The van der Waals surface area contributed by atoms with Crippen molar-refractivity contribution in [3.05, 3.63) is 35.4 Å². The Morgan fingerprint density at radius 1 is 1.23 bits per heavy atom. The Morgan fingerprint density at radius 3 is 2.41 bits per heavy atom. The lowest BCUT2D eigenvalue weighted by atomic mass is 9.93. The van der Waals surface area contributed by atoms with Crippen molar-refractivity contribution in [3.63, 3.8) is 0 Å². The molecule has 1 aliphatic heterocycles. The van der Waals surface area contributed by atoms with Crippen LogP contribution in [0, 0.1) is 11.3 Å². The zero-order valence-electron chi connectivity index (χ0n) is 12.9. The monoisotopic (exact) mass is 297 g/mol. The topological polar surface area (TPSA) is 59.3 Å². The van der Waals surface area contributed by atoms with Crippen molar-refractivity contribution in [1.29, 1.82) is 5.26 Å². The van der Waals surface area contributed by atoms with Gasteiger partial charge in [-0.1, -0.05) is 0 Å². The van der Waals surface area contributed by atoms with Crippen LogP contribution in [0.25, 0.3) is 5.76 Å². The molecule has 1 aliphatic carbocycles. The van der Waals surface area contributed by atoms with Gasteiger partial charge < -0.3 is 9.47 Å². The lowest BCUT2D eigenvalue weighted by Gasteiger charge is -2.22. The van der Waals surface area contributed by atoms with Crippen LogP contribution in [-0.4, -0.2) is 17.5 Å². The van der Waals surface area contributed by atoms with Crippen molar-refractivity contribution in [2.75, 3.05) is 0 Å². The molecule has 2 aliphatic rings. The zero-order chi connectivity index (χ0) is 15.7. The first-order valence-electron chi connectivity index (χ1n) is 7.71. The van der Waals surface area contributed by atoms with Crippen molar-refractivity contribution >= 4 is 11.5 Å². The maximum atomic E-state index is 12.5. The van der Waals surface area contributed by atoms with E-state index < -0.39 is 5.60 Å². The number of Topliss-reactive ketones (excluding diaryl/α,β-unsaturated/α-hetero) is 1. The molecule has 1 heterocycles. The largest absolute Gasteiger partial charge is 0.491 e. The summed E-state index contributed by atoms with van der Waals surface area (Å²) in [4.78, 5) is 12.5. The third-order valence-corrected chi connectivity index (χ3v) is 4.18. The number of carbonyl (C=O) groups is 1. The van der Waals surface area contributed by atoms with E-state index in [4.69, 9.17) is 9.47 Å². The van der Waals surface area contributed by atoms with E-state index in [9.17, 15) is 10.1 Å². The first-order valence-corrected chi connectivity index (χ1v) is 7.71. The van der Waals surface area contributed by atoms with Crippen molar-refractivity contribution in [2.24, 2.45) is 0 Å². The minimum atomic E-state index is -0.784. The van der Waals surface area contributed by atoms with Crippen LogP contribution in [0.3, 0.4) is 0 Å². The molecular weight excluding hydrogens is 278 g/mol. The maximum Gasteiger partial charge on any atom is 0.220 e. The summed E-state index contributed by atoms with van der Waals surface area (Å²) in [5.74, 6) is 1.04. The molecule has 0 aromatic heterocycles. The summed E-state index contributed by atoms with van der Waals surface area (Å²) >= 11 is 0. The molecule has 0 atom stereocenters. The number of hydrogen-bond acceptors (Lipinski definition) is 4. The van der Waals surface area contributed by atoms with Gasteiger partial charge in [0.2, 0.25) is 5.78 Å². The Balaban J connectivity index is 1.91. The normalized spacial score (nSPS) is 19.6. The van der Waals surface area contributed by atoms with Crippen LogP contribution in [0.15, 0.2) is 29.8 Å². The Bertz CT molecular complexity index is 659. The summed E-state index contributed by atoms with van der Waals surface area (Å²) in [7, 11) is 0. The average Bonchev–Trinajstić information content (AvgIpc) is 3.07. The van der Waals surface area contributed by atoms with Crippen LogP contribution < -0.4 is 4.74 Å². The molecule has 1 saturated carbocycles. The zero-order valence-corrected chi connectivity index (χ0v) is 12.9. The van der Waals surface area contributed by atoms with E-state index in [0.717, 1.165) is 24.2 Å². The van der Waals surface area contributed by atoms with Gasteiger partial charge in [0.25, 0.3) is 0 Å². The van der Waals surface area contributed by atoms with Gasteiger partial charge in [0, 0.05) is 5.56 Å². The molecule has 0 N–H and O–H groups in total. The summed E-state index contributed by atoms with van der Waals surface area (Å²) in [6, 6.07) is 9.39. The number of hydrogen-bond donors (Lipinski definition) is 0. The summed E-state index contributed by atoms with van der Waals surface area (Å²) in [6.07, 6.45) is 3.45. The molecule has 1 fully saturated rings. The molecule has 0 amide bonds. The summed E-state index contributed by atoms with van der Waals surface area (Å²) in [5, 5.41) is 9.35. The second-order valence-corrected chi connectivity index (χ2v) is 6.14. The number of carbonyl (C=O) groups excluding carboxylic acids is 1. The molecule has 0 bridgehead atoms. The Hall–Kier alpha value is -2.28. The highest BCUT2D eigenvalue weighted by Crippen LogP contribution is 2.45. The summed E-state index contributed by atoms with van der Waals surface area (Å²) in [6.45, 7) is 3.93. The van der Waals surface area contributed by atoms with Gasteiger partial charge in [-0.25, -0.2) is 0 Å². The van der Waals surface area contributed by atoms with Crippen molar-refractivity contribution in [2.45, 2.75) is 51.2 Å². The fourth-order valence-electron chi connectivity index (χ4n) is 3.16. The van der Waals surface area contributed by atoms with E-state index in [1.54, 1.807) is 0 Å². The Kier molecular flexibility index (Phi) is 3.66. The lowest BCUT2D eigenvalue weighted by Crippen LogP contribution is -2.33. The van der Waals surface area contributed by atoms with Crippen LogP contribution >= 0.6 is 0 Å². The van der Waals surface area contributed by atoms with Gasteiger partial charge in [-0.2, -0.15) is 5.26 Å². The number of nitrogens with zero attached hydrogens (tertiary/aromatic N) is 1. The molecule has 0 radical (unpaired) electrons. The number of ether oxygens (including phenoxy) is 2. The highest BCUT2D eigenvalue weighted by atomic mass is 16.5. The molecule has 22 heavy (non-hydrogen) atoms. The highest BCUT2D eigenvalue weighted by molar-refractivity contribution is 6.13. The van der Waals surface area contributed by atoms with Crippen LogP contribution in [0.1, 0.15) is 45.1 Å². The quantitative estimate of drug-likeness (QED) is 0.855. The number of nitriles is 1. The Morgan fingerprint density at radius 2 is 1.86 bits per heavy atom. The molecule has 1 spiro atoms. The van der Waals surface area contributed by atoms with Crippen LogP contribution in [0.2, 0.25) is 0 Å².